The van der Waals surface area contributed by atoms with Gasteiger partial charge in [0.25, 0.3) is 0 Å². The Morgan fingerprint density at radius 3 is 2.81 bits per heavy atom. The maximum absolute atomic E-state index is 10.9. The summed E-state index contributed by atoms with van der Waals surface area (Å²) in [6.45, 7) is 4.96. The third-order valence-corrected chi connectivity index (χ3v) is 3.60. The molecule has 0 aromatic heterocycles. The number of carboxylic acid groups (broad SMARTS) is 1. The highest BCUT2D eigenvalue weighted by atomic mass is 16.4. The zero-order chi connectivity index (χ0) is 12.0. The Morgan fingerprint density at radius 1 is 1.50 bits per heavy atom. The Labute approximate surface area is 98.0 Å². The van der Waals surface area contributed by atoms with E-state index >= 15 is 0 Å². The number of hydrogen-bond acceptors (Lipinski definition) is 3. The van der Waals surface area contributed by atoms with Gasteiger partial charge in [0.05, 0.1) is 0 Å². The zero-order valence-electron chi connectivity index (χ0n) is 10.4. The second-order valence-corrected chi connectivity index (χ2v) is 4.69. The monoisotopic (exact) mass is 228 g/mol. The number of nitrogens with zero attached hydrogens (tertiary/aromatic N) is 1. The van der Waals surface area contributed by atoms with Crippen LogP contribution in [0.4, 0.5) is 0 Å². The van der Waals surface area contributed by atoms with Gasteiger partial charge in [-0.1, -0.05) is 13.3 Å². The van der Waals surface area contributed by atoms with Crippen molar-refractivity contribution in [1.29, 1.82) is 0 Å². The predicted molar refractivity (Wildman–Crippen MR) is 64.6 cm³/mol. The predicted octanol–water partition coefficient (Wildman–Crippen LogP) is 1.17. The summed E-state index contributed by atoms with van der Waals surface area (Å²) in [5.41, 5.74) is 0. The molecule has 2 N–H and O–H groups in total. The molecule has 4 nitrogen and oxygen atoms in total. The quantitative estimate of drug-likeness (QED) is 0.741. The molecule has 0 aromatic rings. The number of rotatable bonds is 5. The molecule has 94 valence electrons. The SMILES string of the molecule is CCC1CCCN(CC(NC)C(=O)O)CC1. The van der Waals surface area contributed by atoms with Gasteiger partial charge in [-0.15, -0.1) is 0 Å². The van der Waals surface area contributed by atoms with Gasteiger partial charge in [-0.3, -0.25) is 4.79 Å². The lowest BCUT2D eigenvalue weighted by Crippen LogP contribution is -2.44. The molecule has 2 unspecified atom stereocenters. The van der Waals surface area contributed by atoms with Gasteiger partial charge in [0, 0.05) is 6.54 Å². The molecule has 0 bridgehead atoms. The van der Waals surface area contributed by atoms with Crippen molar-refractivity contribution in [2.75, 3.05) is 26.7 Å². The maximum Gasteiger partial charge on any atom is 0.322 e. The highest BCUT2D eigenvalue weighted by Gasteiger charge is 2.21. The summed E-state index contributed by atoms with van der Waals surface area (Å²) in [7, 11) is 1.71. The van der Waals surface area contributed by atoms with E-state index in [9.17, 15) is 4.79 Å². The Hall–Kier alpha value is -0.610. The van der Waals surface area contributed by atoms with Gasteiger partial charge in [0.15, 0.2) is 0 Å². The molecule has 1 heterocycles. The number of hydrogen-bond donors (Lipinski definition) is 2. The minimum absolute atomic E-state index is 0.432. The van der Waals surface area contributed by atoms with E-state index in [0.29, 0.717) is 6.54 Å². The van der Waals surface area contributed by atoms with Crippen LogP contribution in [0.5, 0.6) is 0 Å². The molecular formula is C12H24N2O2. The minimum atomic E-state index is -0.751. The highest BCUT2D eigenvalue weighted by molar-refractivity contribution is 5.73. The molecule has 0 aromatic carbocycles. The van der Waals surface area contributed by atoms with Crippen LogP contribution in [0.15, 0.2) is 0 Å². The molecule has 2 atom stereocenters. The van der Waals surface area contributed by atoms with Crippen LogP contribution in [-0.4, -0.2) is 48.7 Å². The number of carboxylic acids is 1. The average Bonchev–Trinajstić information content (AvgIpc) is 2.50. The summed E-state index contributed by atoms with van der Waals surface area (Å²) in [4.78, 5) is 13.2. The number of aliphatic carboxylic acids is 1. The largest absolute Gasteiger partial charge is 0.480 e. The average molecular weight is 228 g/mol. The van der Waals surface area contributed by atoms with Crippen LogP contribution >= 0.6 is 0 Å². The Balaban J connectivity index is 2.39. The Morgan fingerprint density at radius 2 is 2.25 bits per heavy atom. The van der Waals surface area contributed by atoms with E-state index in [1.54, 1.807) is 7.05 Å². The molecule has 1 aliphatic rings. The molecule has 16 heavy (non-hydrogen) atoms. The molecule has 0 aliphatic carbocycles. The van der Waals surface area contributed by atoms with Gasteiger partial charge in [-0.05, 0) is 45.3 Å². The molecule has 0 amide bonds. The molecule has 0 saturated carbocycles. The molecule has 0 spiro atoms. The van der Waals surface area contributed by atoms with E-state index in [-0.39, 0.29) is 0 Å². The van der Waals surface area contributed by atoms with Crippen molar-refractivity contribution in [3.05, 3.63) is 0 Å². The van der Waals surface area contributed by atoms with Crippen molar-refractivity contribution in [2.24, 2.45) is 5.92 Å². The number of likely N-dealkylation sites (N-methyl/N-ethyl adjacent to an activating group) is 1. The molecule has 1 fully saturated rings. The lowest BCUT2D eigenvalue weighted by atomic mass is 9.98. The fourth-order valence-electron chi connectivity index (χ4n) is 2.37. The van der Waals surface area contributed by atoms with Gasteiger partial charge in [0.2, 0.25) is 0 Å². The lowest BCUT2D eigenvalue weighted by molar-refractivity contribution is -0.139. The van der Waals surface area contributed by atoms with Gasteiger partial charge < -0.3 is 15.3 Å². The lowest BCUT2D eigenvalue weighted by Gasteiger charge is -2.23. The van der Waals surface area contributed by atoms with E-state index in [4.69, 9.17) is 5.11 Å². The van der Waals surface area contributed by atoms with Gasteiger partial charge in [0.1, 0.15) is 6.04 Å². The first-order chi connectivity index (χ1) is 7.67. The first-order valence-corrected chi connectivity index (χ1v) is 6.29. The van der Waals surface area contributed by atoms with E-state index in [2.05, 4.69) is 17.1 Å². The molecule has 1 saturated heterocycles. The smallest absolute Gasteiger partial charge is 0.322 e. The number of nitrogens with one attached hydrogen (secondary N) is 1. The van der Waals surface area contributed by atoms with Crippen molar-refractivity contribution in [3.63, 3.8) is 0 Å². The number of carbonyl (C=O) groups is 1. The summed E-state index contributed by atoms with van der Waals surface area (Å²) in [6.07, 6.45) is 4.97. The first-order valence-electron chi connectivity index (χ1n) is 6.29. The van der Waals surface area contributed by atoms with Gasteiger partial charge in [-0.2, -0.15) is 0 Å². The van der Waals surface area contributed by atoms with Crippen LogP contribution in [0.3, 0.4) is 0 Å². The van der Waals surface area contributed by atoms with Crippen LogP contribution in [-0.2, 0) is 4.79 Å². The Kier molecular flexibility index (Phi) is 5.77. The second kappa shape index (κ2) is 6.86. The zero-order valence-corrected chi connectivity index (χ0v) is 10.4. The van der Waals surface area contributed by atoms with Crippen molar-refractivity contribution in [2.45, 2.75) is 38.6 Å². The fourth-order valence-corrected chi connectivity index (χ4v) is 2.37. The van der Waals surface area contributed by atoms with E-state index in [1.165, 1.54) is 25.7 Å². The molecular weight excluding hydrogens is 204 g/mol. The van der Waals surface area contributed by atoms with Crippen molar-refractivity contribution < 1.29 is 9.90 Å². The van der Waals surface area contributed by atoms with Crippen LogP contribution in [0.25, 0.3) is 0 Å². The van der Waals surface area contributed by atoms with E-state index in [1.807, 2.05) is 0 Å². The van der Waals surface area contributed by atoms with Gasteiger partial charge >= 0.3 is 5.97 Å². The summed E-state index contributed by atoms with van der Waals surface area (Å²) in [6, 6.07) is -0.432. The summed E-state index contributed by atoms with van der Waals surface area (Å²) >= 11 is 0. The standard InChI is InChI=1S/C12H24N2O2/c1-3-10-5-4-7-14(8-6-10)9-11(13-2)12(15)16/h10-11,13H,3-9H2,1-2H3,(H,15,16). The third kappa shape index (κ3) is 4.10. The summed E-state index contributed by atoms with van der Waals surface area (Å²) in [5.74, 6) is 0.0849. The topological polar surface area (TPSA) is 52.6 Å². The third-order valence-electron chi connectivity index (χ3n) is 3.60. The van der Waals surface area contributed by atoms with Crippen molar-refractivity contribution in [1.82, 2.24) is 10.2 Å². The molecule has 0 radical (unpaired) electrons. The van der Waals surface area contributed by atoms with E-state index < -0.39 is 12.0 Å². The normalized spacial score (nSPS) is 25.0. The molecule has 1 aliphatic heterocycles. The minimum Gasteiger partial charge on any atom is -0.480 e. The van der Waals surface area contributed by atoms with Crippen LogP contribution in [0.2, 0.25) is 0 Å². The second-order valence-electron chi connectivity index (χ2n) is 4.69. The Bertz CT molecular complexity index is 221. The first kappa shape index (κ1) is 13.5. The van der Waals surface area contributed by atoms with Crippen molar-refractivity contribution in [3.8, 4) is 0 Å². The fraction of sp³-hybridized carbons (Fsp3) is 0.917. The van der Waals surface area contributed by atoms with E-state index in [0.717, 1.165) is 19.0 Å². The number of likely N-dealkylation sites (tertiary alicyclic amines) is 1. The maximum atomic E-state index is 10.9. The van der Waals surface area contributed by atoms with Gasteiger partial charge in [-0.25, -0.2) is 0 Å². The highest BCUT2D eigenvalue weighted by Crippen LogP contribution is 2.20. The van der Waals surface area contributed by atoms with Crippen LogP contribution in [0.1, 0.15) is 32.6 Å². The summed E-state index contributed by atoms with van der Waals surface area (Å²) < 4.78 is 0. The van der Waals surface area contributed by atoms with Crippen LogP contribution < -0.4 is 5.32 Å². The van der Waals surface area contributed by atoms with Crippen LogP contribution in [0, 0.1) is 5.92 Å². The molecule has 1 rings (SSSR count). The molecule has 4 heteroatoms. The van der Waals surface area contributed by atoms with Crippen molar-refractivity contribution >= 4 is 5.97 Å². The summed E-state index contributed by atoms with van der Waals surface area (Å²) in [5, 5.41) is 11.8.